The highest BCUT2D eigenvalue weighted by molar-refractivity contribution is 6.58. The first-order chi connectivity index (χ1) is 6.68. The fourth-order valence-electron chi connectivity index (χ4n) is 1.29. The molecule has 0 spiro atoms. The second-order valence-corrected chi connectivity index (χ2v) is 2.99. The van der Waals surface area contributed by atoms with Gasteiger partial charge in [-0.3, -0.25) is 4.98 Å². The largest absolute Gasteiger partial charge is 0.507 e. The van der Waals surface area contributed by atoms with E-state index >= 15 is 0 Å². The van der Waals surface area contributed by atoms with Gasteiger partial charge in [0.25, 0.3) is 0 Å². The zero-order chi connectivity index (χ0) is 10.1. The first-order valence-electron chi connectivity index (χ1n) is 4.12. The Bertz CT molecular complexity index is 473. The fraction of sp³-hybridized carbons (Fsp3) is 0. The summed E-state index contributed by atoms with van der Waals surface area (Å²) in [6, 6.07) is 6.45. The van der Waals surface area contributed by atoms with Gasteiger partial charge in [0.2, 0.25) is 0 Å². The smallest absolute Gasteiger partial charge is 0.490 e. The molecule has 1 aromatic heterocycles. The van der Waals surface area contributed by atoms with Gasteiger partial charge in [-0.1, -0.05) is 6.07 Å². The Labute approximate surface area is 80.6 Å². The second-order valence-electron chi connectivity index (χ2n) is 2.99. The maximum absolute atomic E-state index is 9.47. The molecule has 3 N–H and O–H groups in total. The van der Waals surface area contributed by atoms with Gasteiger partial charge in [0.1, 0.15) is 5.75 Å². The molecule has 0 aliphatic rings. The molecule has 70 valence electrons. The molecule has 0 aliphatic carbocycles. The van der Waals surface area contributed by atoms with Crippen LogP contribution < -0.4 is 5.46 Å². The lowest BCUT2D eigenvalue weighted by Gasteiger charge is -2.02. The van der Waals surface area contributed by atoms with Crippen molar-refractivity contribution in [3.63, 3.8) is 0 Å². The Morgan fingerprint density at radius 2 is 2.00 bits per heavy atom. The third kappa shape index (κ3) is 1.43. The van der Waals surface area contributed by atoms with Crippen LogP contribution in [0.2, 0.25) is 0 Å². The van der Waals surface area contributed by atoms with E-state index in [0.29, 0.717) is 10.9 Å². The number of hydrogen-bond acceptors (Lipinski definition) is 4. The van der Waals surface area contributed by atoms with Crippen LogP contribution in [0, 0.1) is 0 Å². The summed E-state index contributed by atoms with van der Waals surface area (Å²) in [6.45, 7) is 0. The van der Waals surface area contributed by atoms with E-state index in [-0.39, 0.29) is 11.2 Å². The van der Waals surface area contributed by atoms with Crippen molar-refractivity contribution in [2.24, 2.45) is 0 Å². The van der Waals surface area contributed by atoms with Crippen molar-refractivity contribution in [1.29, 1.82) is 0 Å². The molecule has 0 aliphatic heterocycles. The molecule has 0 radical (unpaired) electrons. The molecule has 14 heavy (non-hydrogen) atoms. The minimum Gasteiger partial charge on any atom is -0.507 e. The topological polar surface area (TPSA) is 73.6 Å². The summed E-state index contributed by atoms with van der Waals surface area (Å²) < 4.78 is 0. The monoisotopic (exact) mass is 189 g/mol. The highest BCUT2D eigenvalue weighted by atomic mass is 16.4. The Hall–Kier alpha value is -1.59. The lowest BCUT2D eigenvalue weighted by molar-refractivity contribution is 0.425. The van der Waals surface area contributed by atoms with E-state index in [1.807, 2.05) is 0 Å². The van der Waals surface area contributed by atoms with Crippen LogP contribution in [0.5, 0.6) is 5.75 Å². The number of aromatic nitrogens is 1. The van der Waals surface area contributed by atoms with Gasteiger partial charge in [-0.15, -0.1) is 0 Å². The van der Waals surface area contributed by atoms with Crippen LogP contribution in [-0.4, -0.2) is 27.3 Å². The minimum atomic E-state index is -1.56. The van der Waals surface area contributed by atoms with E-state index in [0.717, 1.165) is 0 Å². The standard InChI is InChI=1S/C9H8BNO3/c12-9-3-1-2-8-7(9)4-6(5-11-8)10(13)14/h1-5,12-14H. The number of benzene rings is 1. The predicted molar refractivity (Wildman–Crippen MR) is 53.2 cm³/mol. The summed E-state index contributed by atoms with van der Waals surface area (Å²) in [4.78, 5) is 3.98. The van der Waals surface area contributed by atoms with Crippen LogP contribution in [0.3, 0.4) is 0 Å². The van der Waals surface area contributed by atoms with E-state index < -0.39 is 7.12 Å². The molecule has 2 aromatic rings. The predicted octanol–water partition coefficient (Wildman–Crippen LogP) is -0.380. The Morgan fingerprint density at radius 3 is 2.71 bits per heavy atom. The lowest BCUT2D eigenvalue weighted by atomic mass is 9.81. The molecule has 0 saturated heterocycles. The molecule has 1 aromatic carbocycles. The van der Waals surface area contributed by atoms with Crippen molar-refractivity contribution in [2.75, 3.05) is 0 Å². The van der Waals surface area contributed by atoms with Gasteiger partial charge in [0.15, 0.2) is 0 Å². The summed E-state index contributed by atoms with van der Waals surface area (Å²) in [5.41, 5.74) is 0.883. The summed E-state index contributed by atoms with van der Waals surface area (Å²) in [5, 5.41) is 27.8. The van der Waals surface area contributed by atoms with Gasteiger partial charge in [0, 0.05) is 17.0 Å². The molecule has 4 nitrogen and oxygen atoms in total. The molecular formula is C9H8BNO3. The van der Waals surface area contributed by atoms with Crippen LogP contribution in [0.4, 0.5) is 0 Å². The van der Waals surface area contributed by atoms with Gasteiger partial charge in [-0.05, 0) is 18.2 Å². The Kier molecular flexibility index (Phi) is 2.11. The summed E-state index contributed by atoms with van der Waals surface area (Å²) in [5.74, 6) is 0.0810. The number of hydrogen-bond donors (Lipinski definition) is 3. The molecular weight excluding hydrogens is 181 g/mol. The first kappa shape index (κ1) is 8.99. The highest BCUT2D eigenvalue weighted by Crippen LogP contribution is 2.20. The van der Waals surface area contributed by atoms with Crippen molar-refractivity contribution in [1.82, 2.24) is 4.98 Å². The third-order valence-corrected chi connectivity index (χ3v) is 2.02. The lowest BCUT2D eigenvalue weighted by Crippen LogP contribution is -2.29. The van der Waals surface area contributed by atoms with Crippen LogP contribution in [0.15, 0.2) is 30.5 Å². The summed E-state index contributed by atoms with van der Waals surface area (Å²) in [6.07, 6.45) is 1.37. The number of phenolic OH excluding ortho intramolecular Hbond substituents is 1. The number of pyridine rings is 1. The van der Waals surface area contributed by atoms with Crippen molar-refractivity contribution in [3.05, 3.63) is 30.5 Å². The van der Waals surface area contributed by atoms with Crippen LogP contribution >= 0.6 is 0 Å². The van der Waals surface area contributed by atoms with Crippen LogP contribution in [0.1, 0.15) is 0 Å². The fourth-order valence-corrected chi connectivity index (χ4v) is 1.29. The quantitative estimate of drug-likeness (QED) is 0.534. The van der Waals surface area contributed by atoms with Gasteiger partial charge < -0.3 is 15.2 Å². The molecule has 0 saturated carbocycles. The number of fused-ring (bicyclic) bond motifs is 1. The van der Waals surface area contributed by atoms with Gasteiger partial charge >= 0.3 is 7.12 Å². The molecule has 0 unspecified atom stereocenters. The maximum Gasteiger partial charge on any atom is 0.490 e. The average Bonchev–Trinajstić information content (AvgIpc) is 2.18. The van der Waals surface area contributed by atoms with E-state index in [1.54, 1.807) is 12.1 Å². The van der Waals surface area contributed by atoms with Gasteiger partial charge in [-0.2, -0.15) is 0 Å². The summed E-state index contributed by atoms with van der Waals surface area (Å²) >= 11 is 0. The number of aromatic hydroxyl groups is 1. The van der Waals surface area contributed by atoms with Crippen LogP contribution in [0.25, 0.3) is 10.9 Å². The minimum absolute atomic E-state index is 0.0810. The van der Waals surface area contributed by atoms with E-state index in [2.05, 4.69) is 4.98 Å². The van der Waals surface area contributed by atoms with Crippen LogP contribution in [-0.2, 0) is 0 Å². The molecule has 0 bridgehead atoms. The molecule has 5 heteroatoms. The van der Waals surface area contributed by atoms with E-state index in [9.17, 15) is 5.11 Å². The number of phenols is 1. The molecule has 1 heterocycles. The maximum atomic E-state index is 9.47. The van der Waals surface area contributed by atoms with Gasteiger partial charge in [-0.25, -0.2) is 0 Å². The van der Waals surface area contributed by atoms with E-state index in [4.69, 9.17) is 10.0 Å². The molecule has 0 amide bonds. The zero-order valence-corrected chi connectivity index (χ0v) is 7.25. The Balaban J connectivity index is 2.70. The molecule has 0 atom stereocenters. The van der Waals surface area contributed by atoms with E-state index in [1.165, 1.54) is 18.3 Å². The zero-order valence-electron chi connectivity index (χ0n) is 7.25. The average molecular weight is 189 g/mol. The van der Waals surface area contributed by atoms with Crippen molar-refractivity contribution >= 4 is 23.5 Å². The highest BCUT2D eigenvalue weighted by Gasteiger charge is 2.12. The normalized spacial score (nSPS) is 10.4. The van der Waals surface area contributed by atoms with Crippen molar-refractivity contribution in [2.45, 2.75) is 0 Å². The Morgan fingerprint density at radius 1 is 1.21 bits per heavy atom. The number of rotatable bonds is 1. The molecule has 2 rings (SSSR count). The third-order valence-electron chi connectivity index (χ3n) is 2.02. The van der Waals surface area contributed by atoms with Gasteiger partial charge in [0.05, 0.1) is 5.52 Å². The molecule has 0 fully saturated rings. The number of nitrogens with zero attached hydrogens (tertiary/aromatic N) is 1. The van der Waals surface area contributed by atoms with Crippen molar-refractivity contribution < 1.29 is 15.2 Å². The SMILES string of the molecule is OB(O)c1cnc2cccc(O)c2c1. The summed E-state index contributed by atoms with van der Waals surface area (Å²) in [7, 11) is -1.56. The van der Waals surface area contributed by atoms with Crippen molar-refractivity contribution in [3.8, 4) is 5.75 Å². The second kappa shape index (κ2) is 3.28. The first-order valence-corrected chi connectivity index (χ1v) is 4.12.